The summed E-state index contributed by atoms with van der Waals surface area (Å²) in [5.41, 5.74) is 1.29. The second-order valence-corrected chi connectivity index (χ2v) is 7.55. The van der Waals surface area contributed by atoms with E-state index in [0.717, 1.165) is 25.9 Å². The molecule has 2 heterocycles. The van der Waals surface area contributed by atoms with Crippen LogP contribution in [0.5, 0.6) is 0 Å². The number of nitrogens with zero attached hydrogens (tertiary/aromatic N) is 3. The summed E-state index contributed by atoms with van der Waals surface area (Å²) in [5.74, 6) is 0.311. The number of piperidine rings is 1. The van der Waals surface area contributed by atoms with E-state index in [9.17, 15) is 9.59 Å². The molecule has 0 saturated carbocycles. The Balaban J connectivity index is 1.70. The van der Waals surface area contributed by atoms with E-state index < -0.39 is 6.61 Å². The summed E-state index contributed by atoms with van der Waals surface area (Å²) in [7, 11) is 0. The van der Waals surface area contributed by atoms with Gasteiger partial charge >= 0.3 is 0 Å². The topological polar surface area (TPSA) is 64.1 Å². The summed E-state index contributed by atoms with van der Waals surface area (Å²) in [5, 5.41) is 9.09. The number of hydrogen-bond acceptors (Lipinski definition) is 4. The lowest BCUT2D eigenvalue weighted by Gasteiger charge is -2.44. The van der Waals surface area contributed by atoms with Gasteiger partial charge < -0.3 is 14.9 Å². The van der Waals surface area contributed by atoms with Crippen molar-refractivity contribution in [3.05, 3.63) is 35.9 Å². The molecule has 2 aliphatic heterocycles. The summed E-state index contributed by atoms with van der Waals surface area (Å²) in [6.45, 7) is 4.04. The van der Waals surface area contributed by atoms with E-state index in [-0.39, 0.29) is 23.7 Å². The Morgan fingerprint density at radius 2 is 1.56 bits per heavy atom. The second-order valence-electron chi connectivity index (χ2n) is 7.28. The maximum atomic E-state index is 11.9. The van der Waals surface area contributed by atoms with Gasteiger partial charge in [0.15, 0.2) is 0 Å². The number of benzene rings is 1. The van der Waals surface area contributed by atoms with Crippen molar-refractivity contribution in [3.8, 4) is 0 Å². The van der Waals surface area contributed by atoms with Crippen LogP contribution in [-0.2, 0) is 9.59 Å². The molecule has 1 aromatic rings. The Hall–Kier alpha value is -1.63. The maximum Gasteiger partial charge on any atom is 0.248 e. The zero-order valence-corrected chi connectivity index (χ0v) is 16.4. The van der Waals surface area contributed by atoms with Crippen LogP contribution in [0.15, 0.2) is 30.3 Å². The quantitative estimate of drug-likeness (QED) is 0.767. The number of halogens is 1. The van der Waals surface area contributed by atoms with Crippen LogP contribution in [-0.4, -0.2) is 83.4 Å². The van der Waals surface area contributed by atoms with Crippen LogP contribution in [0, 0.1) is 5.92 Å². The first-order valence-electron chi connectivity index (χ1n) is 9.65. The third kappa shape index (κ3) is 4.81. The number of hydrogen-bond donors (Lipinski definition) is 1. The van der Waals surface area contributed by atoms with Gasteiger partial charge in [0.25, 0.3) is 0 Å². The Kier molecular flexibility index (Phi) is 7.10. The molecule has 1 N–H and O–H groups in total. The molecule has 2 fully saturated rings. The molecule has 0 spiro atoms. The molecule has 0 aliphatic carbocycles. The molecule has 27 heavy (non-hydrogen) atoms. The average molecular weight is 394 g/mol. The third-order valence-corrected chi connectivity index (χ3v) is 6.02. The Morgan fingerprint density at radius 1 is 0.963 bits per heavy atom. The minimum atomic E-state index is -0.413. The van der Waals surface area contributed by atoms with Crippen molar-refractivity contribution in [3.63, 3.8) is 0 Å². The standard InChI is InChI=1S/C20H28ClN3O3/c21-14-18(26)23-10-12-24(13-11-23)20(16-4-2-1-3-5-16)17-6-8-22(9-7-17)19(27)15-25/h1-5,17,20,25H,6-15H2. The van der Waals surface area contributed by atoms with E-state index in [1.54, 1.807) is 4.90 Å². The van der Waals surface area contributed by atoms with Gasteiger partial charge in [-0.3, -0.25) is 14.5 Å². The predicted molar refractivity (Wildman–Crippen MR) is 104 cm³/mol. The first-order valence-corrected chi connectivity index (χ1v) is 10.2. The van der Waals surface area contributed by atoms with Gasteiger partial charge in [-0.2, -0.15) is 0 Å². The maximum absolute atomic E-state index is 11.9. The number of carbonyl (C=O) groups is 2. The molecule has 0 radical (unpaired) electrons. The van der Waals surface area contributed by atoms with E-state index in [4.69, 9.17) is 16.7 Å². The van der Waals surface area contributed by atoms with Gasteiger partial charge in [0.05, 0.1) is 0 Å². The molecule has 1 aromatic carbocycles. The molecular formula is C20H28ClN3O3. The van der Waals surface area contributed by atoms with Crippen molar-refractivity contribution in [1.29, 1.82) is 0 Å². The van der Waals surface area contributed by atoms with Gasteiger partial charge in [-0.1, -0.05) is 30.3 Å². The molecule has 6 nitrogen and oxygen atoms in total. The fourth-order valence-corrected chi connectivity index (χ4v) is 4.50. The normalized spacial score (nSPS) is 20.5. The Morgan fingerprint density at radius 3 is 2.11 bits per heavy atom. The van der Waals surface area contributed by atoms with E-state index in [2.05, 4.69) is 29.2 Å². The number of aliphatic hydroxyl groups is 1. The van der Waals surface area contributed by atoms with Gasteiger partial charge in [0.2, 0.25) is 11.8 Å². The molecule has 0 aromatic heterocycles. The van der Waals surface area contributed by atoms with Gasteiger partial charge in [0.1, 0.15) is 12.5 Å². The van der Waals surface area contributed by atoms with Gasteiger partial charge in [-0.25, -0.2) is 0 Å². The summed E-state index contributed by atoms with van der Waals surface area (Å²) < 4.78 is 0. The first-order chi connectivity index (χ1) is 13.1. The highest BCUT2D eigenvalue weighted by molar-refractivity contribution is 6.27. The number of likely N-dealkylation sites (tertiary alicyclic amines) is 1. The van der Waals surface area contributed by atoms with E-state index in [1.807, 2.05) is 11.0 Å². The largest absolute Gasteiger partial charge is 0.387 e. The van der Waals surface area contributed by atoms with Crippen LogP contribution in [0.2, 0.25) is 0 Å². The number of carbonyl (C=O) groups excluding carboxylic acids is 2. The molecule has 148 valence electrons. The van der Waals surface area contributed by atoms with Gasteiger partial charge in [-0.15, -0.1) is 11.6 Å². The minimum Gasteiger partial charge on any atom is -0.387 e. The van der Waals surface area contributed by atoms with Crippen molar-refractivity contribution in [2.24, 2.45) is 5.92 Å². The van der Waals surface area contributed by atoms with Crippen LogP contribution in [0.3, 0.4) is 0 Å². The SMILES string of the molecule is O=C(CO)N1CCC(C(c2ccccc2)N2CCN(C(=O)CCl)CC2)CC1. The summed E-state index contributed by atoms with van der Waals surface area (Å²) >= 11 is 5.70. The molecule has 2 saturated heterocycles. The number of aliphatic hydroxyl groups excluding tert-OH is 1. The highest BCUT2D eigenvalue weighted by Gasteiger charge is 2.34. The number of piperazine rings is 1. The fraction of sp³-hybridized carbons (Fsp3) is 0.600. The number of alkyl halides is 1. The zero-order chi connectivity index (χ0) is 19.2. The van der Waals surface area contributed by atoms with Gasteiger partial charge in [-0.05, 0) is 24.3 Å². The molecule has 7 heteroatoms. The van der Waals surface area contributed by atoms with Crippen molar-refractivity contribution >= 4 is 23.4 Å². The number of amides is 2. The minimum absolute atomic E-state index is 0.00315. The lowest BCUT2D eigenvalue weighted by atomic mass is 9.84. The van der Waals surface area contributed by atoms with Crippen molar-refractivity contribution in [1.82, 2.24) is 14.7 Å². The zero-order valence-electron chi connectivity index (χ0n) is 15.6. The average Bonchev–Trinajstić information content (AvgIpc) is 2.74. The number of rotatable bonds is 5. The smallest absolute Gasteiger partial charge is 0.248 e. The predicted octanol–water partition coefficient (Wildman–Crippen LogP) is 1.34. The first kappa shape index (κ1) is 20.1. The van der Waals surface area contributed by atoms with E-state index in [1.165, 1.54) is 5.56 Å². The van der Waals surface area contributed by atoms with Gasteiger partial charge in [0, 0.05) is 45.3 Å². The second kappa shape index (κ2) is 9.53. The van der Waals surface area contributed by atoms with Crippen molar-refractivity contribution < 1.29 is 14.7 Å². The van der Waals surface area contributed by atoms with Crippen LogP contribution in [0.1, 0.15) is 24.4 Å². The third-order valence-electron chi connectivity index (χ3n) is 5.79. The van der Waals surface area contributed by atoms with E-state index in [0.29, 0.717) is 32.1 Å². The monoisotopic (exact) mass is 393 g/mol. The lowest BCUT2D eigenvalue weighted by Crippen LogP contribution is -2.52. The highest BCUT2D eigenvalue weighted by Crippen LogP contribution is 2.36. The Bertz CT molecular complexity index is 591. The van der Waals surface area contributed by atoms with Crippen molar-refractivity contribution in [2.75, 3.05) is 51.8 Å². The van der Waals surface area contributed by atoms with E-state index >= 15 is 0 Å². The Labute approximate surface area is 165 Å². The van der Waals surface area contributed by atoms with Crippen LogP contribution >= 0.6 is 11.6 Å². The molecule has 2 aliphatic rings. The summed E-state index contributed by atoms with van der Waals surface area (Å²) in [6, 6.07) is 10.8. The molecule has 2 amide bonds. The van der Waals surface area contributed by atoms with Crippen LogP contribution in [0.4, 0.5) is 0 Å². The highest BCUT2D eigenvalue weighted by atomic mass is 35.5. The summed E-state index contributed by atoms with van der Waals surface area (Å²) in [4.78, 5) is 29.7. The lowest BCUT2D eigenvalue weighted by molar-refractivity contribution is -0.136. The molecule has 3 rings (SSSR count). The fourth-order valence-electron chi connectivity index (χ4n) is 4.33. The van der Waals surface area contributed by atoms with Crippen molar-refractivity contribution in [2.45, 2.75) is 18.9 Å². The van der Waals surface area contributed by atoms with Crippen LogP contribution in [0.25, 0.3) is 0 Å². The molecule has 1 unspecified atom stereocenters. The van der Waals surface area contributed by atoms with Crippen LogP contribution < -0.4 is 0 Å². The molecule has 0 bridgehead atoms. The molecule has 1 atom stereocenters. The summed E-state index contributed by atoms with van der Waals surface area (Å²) in [6.07, 6.45) is 1.85. The molecular weight excluding hydrogens is 366 g/mol.